The minimum atomic E-state index is -0.403. The Labute approximate surface area is 123 Å². The van der Waals surface area contributed by atoms with Crippen LogP contribution in [0, 0.1) is 0 Å². The summed E-state index contributed by atoms with van der Waals surface area (Å²) >= 11 is 0. The lowest BCUT2D eigenvalue weighted by atomic mass is 9.94. The fourth-order valence-electron chi connectivity index (χ4n) is 2.77. The zero-order valence-corrected chi connectivity index (χ0v) is 11.9. The SMILES string of the molecule is C=CC(=O)OC(C)c1c2ccccc2cc2ccccc12. The molecule has 0 bridgehead atoms. The molecule has 1 atom stereocenters. The van der Waals surface area contributed by atoms with Crippen molar-refractivity contribution in [2.75, 3.05) is 0 Å². The first kappa shape index (κ1) is 13.4. The first-order chi connectivity index (χ1) is 10.2. The van der Waals surface area contributed by atoms with Crippen molar-refractivity contribution in [3.05, 3.63) is 72.8 Å². The molecule has 0 spiro atoms. The predicted octanol–water partition coefficient (Wildman–Crippen LogP) is 4.78. The standard InChI is InChI=1S/C19H16O2/c1-3-18(20)21-13(2)19-16-10-6-4-8-14(16)12-15-9-5-7-11-17(15)19/h3-13H,1H2,2H3. The highest BCUT2D eigenvalue weighted by molar-refractivity contribution is 6.02. The number of hydrogen-bond acceptors (Lipinski definition) is 2. The Kier molecular flexibility index (Phi) is 3.44. The Bertz CT molecular complexity index is 779. The minimum Gasteiger partial charge on any atom is -0.455 e. The number of hydrogen-bond donors (Lipinski definition) is 0. The first-order valence-corrected chi connectivity index (χ1v) is 6.94. The number of ether oxygens (including phenoxy) is 1. The van der Waals surface area contributed by atoms with E-state index >= 15 is 0 Å². The number of rotatable bonds is 3. The van der Waals surface area contributed by atoms with Crippen molar-refractivity contribution in [1.82, 2.24) is 0 Å². The molecule has 0 aliphatic heterocycles. The molecule has 0 aliphatic carbocycles. The first-order valence-electron chi connectivity index (χ1n) is 6.94. The van der Waals surface area contributed by atoms with E-state index in [0.717, 1.165) is 27.1 Å². The third-order valence-corrected chi connectivity index (χ3v) is 3.68. The van der Waals surface area contributed by atoms with Crippen molar-refractivity contribution in [3.8, 4) is 0 Å². The van der Waals surface area contributed by atoms with Crippen molar-refractivity contribution < 1.29 is 9.53 Å². The van der Waals surface area contributed by atoms with Crippen LogP contribution >= 0.6 is 0 Å². The van der Waals surface area contributed by atoms with Crippen LogP contribution in [-0.2, 0) is 9.53 Å². The molecular weight excluding hydrogens is 260 g/mol. The Balaban J connectivity index is 2.29. The van der Waals surface area contributed by atoms with Gasteiger partial charge in [-0.05, 0) is 34.5 Å². The Morgan fingerprint density at radius 3 is 2.10 bits per heavy atom. The Morgan fingerprint density at radius 2 is 1.57 bits per heavy atom. The highest BCUT2D eigenvalue weighted by Gasteiger charge is 2.16. The molecule has 0 aliphatic rings. The van der Waals surface area contributed by atoms with Gasteiger partial charge in [-0.15, -0.1) is 0 Å². The highest BCUT2D eigenvalue weighted by Crippen LogP contribution is 2.34. The Morgan fingerprint density at radius 1 is 1.05 bits per heavy atom. The molecule has 21 heavy (non-hydrogen) atoms. The molecule has 0 amide bonds. The summed E-state index contributed by atoms with van der Waals surface area (Å²) < 4.78 is 5.44. The lowest BCUT2D eigenvalue weighted by Crippen LogP contribution is -2.07. The van der Waals surface area contributed by atoms with Gasteiger partial charge in [-0.3, -0.25) is 0 Å². The summed E-state index contributed by atoms with van der Waals surface area (Å²) in [6, 6.07) is 18.5. The van der Waals surface area contributed by atoms with E-state index in [2.05, 4.69) is 36.9 Å². The second-order valence-electron chi connectivity index (χ2n) is 5.02. The quantitative estimate of drug-likeness (QED) is 0.391. The third kappa shape index (κ3) is 2.40. The van der Waals surface area contributed by atoms with Crippen molar-refractivity contribution in [2.45, 2.75) is 13.0 Å². The normalized spacial score (nSPS) is 12.2. The van der Waals surface area contributed by atoms with Crippen LogP contribution in [0.4, 0.5) is 0 Å². The van der Waals surface area contributed by atoms with Crippen LogP contribution in [0.2, 0.25) is 0 Å². The van der Waals surface area contributed by atoms with Gasteiger partial charge in [0.05, 0.1) is 0 Å². The van der Waals surface area contributed by atoms with E-state index in [4.69, 9.17) is 4.74 Å². The third-order valence-electron chi connectivity index (χ3n) is 3.68. The molecule has 3 aromatic carbocycles. The van der Waals surface area contributed by atoms with E-state index in [1.54, 1.807) is 0 Å². The maximum atomic E-state index is 11.5. The summed E-state index contributed by atoms with van der Waals surface area (Å²) in [5.74, 6) is -0.403. The average molecular weight is 276 g/mol. The predicted molar refractivity (Wildman–Crippen MR) is 86.2 cm³/mol. The number of benzene rings is 3. The van der Waals surface area contributed by atoms with Gasteiger partial charge < -0.3 is 4.74 Å². The van der Waals surface area contributed by atoms with E-state index in [9.17, 15) is 4.79 Å². The van der Waals surface area contributed by atoms with Crippen molar-refractivity contribution in [3.63, 3.8) is 0 Å². The summed E-state index contributed by atoms with van der Waals surface area (Å²) in [5, 5.41) is 4.52. The van der Waals surface area contributed by atoms with E-state index in [1.165, 1.54) is 6.08 Å². The van der Waals surface area contributed by atoms with Gasteiger partial charge in [0, 0.05) is 11.6 Å². The van der Waals surface area contributed by atoms with Crippen LogP contribution in [0.3, 0.4) is 0 Å². The number of carbonyl (C=O) groups is 1. The van der Waals surface area contributed by atoms with E-state index < -0.39 is 5.97 Å². The number of esters is 1. The van der Waals surface area contributed by atoms with Gasteiger partial charge in [0.25, 0.3) is 0 Å². The molecule has 2 nitrogen and oxygen atoms in total. The number of carbonyl (C=O) groups excluding carboxylic acids is 1. The number of fused-ring (bicyclic) bond motifs is 2. The average Bonchev–Trinajstić information content (AvgIpc) is 2.52. The molecule has 0 radical (unpaired) electrons. The van der Waals surface area contributed by atoms with Gasteiger partial charge >= 0.3 is 5.97 Å². The maximum absolute atomic E-state index is 11.5. The molecule has 0 saturated heterocycles. The van der Waals surface area contributed by atoms with Crippen LogP contribution in [0.15, 0.2) is 67.3 Å². The minimum absolute atomic E-state index is 0.327. The summed E-state index contributed by atoms with van der Waals surface area (Å²) in [7, 11) is 0. The molecule has 3 rings (SSSR count). The van der Waals surface area contributed by atoms with Gasteiger partial charge in [0.2, 0.25) is 0 Å². The van der Waals surface area contributed by atoms with Crippen LogP contribution in [0.5, 0.6) is 0 Å². The van der Waals surface area contributed by atoms with Crippen molar-refractivity contribution in [1.29, 1.82) is 0 Å². The van der Waals surface area contributed by atoms with Crippen LogP contribution in [0.25, 0.3) is 21.5 Å². The lowest BCUT2D eigenvalue weighted by Gasteiger charge is -2.18. The van der Waals surface area contributed by atoms with Gasteiger partial charge in [-0.1, -0.05) is 55.1 Å². The largest absolute Gasteiger partial charge is 0.455 e. The van der Waals surface area contributed by atoms with Crippen LogP contribution in [-0.4, -0.2) is 5.97 Å². The lowest BCUT2D eigenvalue weighted by molar-refractivity contribution is -0.142. The fourth-order valence-corrected chi connectivity index (χ4v) is 2.77. The second kappa shape index (κ2) is 5.41. The van der Waals surface area contributed by atoms with Crippen LogP contribution in [0.1, 0.15) is 18.6 Å². The molecule has 0 saturated carbocycles. The topological polar surface area (TPSA) is 26.3 Å². The Hall–Kier alpha value is -2.61. The summed E-state index contributed by atoms with van der Waals surface area (Å²) in [5.41, 5.74) is 1.04. The maximum Gasteiger partial charge on any atom is 0.330 e. The molecule has 0 aromatic heterocycles. The van der Waals surface area contributed by atoms with E-state index in [1.807, 2.05) is 31.2 Å². The summed E-state index contributed by atoms with van der Waals surface area (Å²) in [6.07, 6.45) is 0.871. The monoisotopic (exact) mass is 276 g/mol. The molecule has 3 aromatic rings. The fraction of sp³-hybridized carbons (Fsp3) is 0.105. The van der Waals surface area contributed by atoms with Crippen molar-refractivity contribution in [2.24, 2.45) is 0 Å². The molecule has 1 unspecified atom stereocenters. The second-order valence-corrected chi connectivity index (χ2v) is 5.02. The molecule has 104 valence electrons. The zero-order valence-electron chi connectivity index (χ0n) is 11.9. The molecule has 0 heterocycles. The van der Waals surface area contributed by atoms with Gasteiger partial charge in [0.1, 0.15) is 6.10 Å². The van der Waals surface area contributed by atoms with Gasteiger partial charge in [-0.25, -0.2) is 4.79 Å². The van der Waals surface area contributed by atoms with Gasteiger partial charge in [-0.2, -0.15) is 0 Å². The molecular formula is C19H16O2. The zero-order chi connectivity index (χ0) is 14.8. The van der Waals surface area contributed by atoms with E-state index in [0.29, 0.717) is 0 Å². The smallest absolute Gasteiger partial charge is 0.330 e. The molecule has 0 N–H and O–H groups in total. The summed E-state index contributed by atoms with van der Waals surface area (Å²) in [4.78, 5) is 11.5. The highest BCUT2D eigenvalue weighted by atomic mass is 16.5. The molecule has 0 fully saturated rings. The van der Waals surface area contributed by atoms with E-state index in [-0.39, 0.29) is 6.10 Å². The van der Waals surface area contributed by atoms with Crippen molar-refractivity contribution >= 4 is 27.5 Å². The molecule has 2 heteroatoms. The van der Waals surface area contributed by atoms with Crippen LogP contribution < -0.4 is 0 Å². The van der Waals surface area contributed by atoms with Gasteiger partial charge in [0.15, 0.2) is 0 Å². The summed E-state index contributed by atoms with van der Waals surface area (Å²) in [6.45, 7) is 5.36.